The number of rotatable bonds is 10. The quantitative estimate of drug-likeness (QED) is 0.560. The van der Waals surface area contributed by atoms with Gasteiger partial charge >= 0.3 is 0 Å². The normalized spacial score (nSPS) is 14.8. The highest BCUT2D eigenvalue weighted by Gasteiger charge is 2.23. The van der Waals surface area contributed by atoms with Crippen LogP contribution in [0, 0.1) is 0 Å². The van der Waals surface area contributed by atoms with E-state index in [1.54, 1.807) is 24.3 Å². The van der Waals surface area contributed by atoms with Crippen LogP contribution in [0.5, 0.6) is 11.5 Å². The summed E-state index contributed by atoms with van der Waals surface area (Å²) in [6.45, 7) is 0.983. The lowest BCUT2D eigenvalue weighted by Crippen LogP contribution is -2.24. The lowest BCUT2D eigenvalue weighted by atomic mass is 10.1. The zero-order valence-corrected chi connectivity index (χ0v) is 17.2. The maximum atomic E-state index is 12.5. The number of carbonyl (C=O) groups excluding carboxylic acids is 1. The molecule has 0 aromatic heterocycles. The molecule has 0 aliphatic heterocycles. The molecule has 0 saturated carbocycles. The highest BCUT2D eigenvalue weighted by molar-refractivity contribution is 7.91. The molecule has 0 fully saturated rings. The molecule has 0 saturated heterocycles. The third kappa shape index (κ3) is 6.87. The maximum Gasteiger partial charge on any atom is 0.261 e. The second kappa shape index (κ2) is 9.47. The molecule has 28 heavy (non-hydrogen) atoms. The summed E-state index contributed by atoms with van der Waals surface area (Å²) in [5, 5.41) is 0. The van der Waals surface area contributed by atoms with Gasteiger partial charge in [0.1, 0.15) is 11.5 Å². The highest BCUT2D eigenvalue weighted by Crippen LogP contribution is 2.38. The van der Waals surface area contributed by atoms with Gasteiger partial charge in [-0.1, -0.05) is 18.2 Å². The summed E-state index contributed by atoms with van der Waals surface area (Å²) >= 11 is 0. The Morgan fingerprint density at radius 2 is 1.64 bits per heavy atom. The fourth-order valence-corrected chi connectivity index (χ4v) is 4.37. The van der Waals surface area contributed by atoms with Crippen LogP contribution in [0.15, 0.2) is 59.5 Å². The van der Waals surface area contributed by atoms with Gasteiger partial charge in [-0.05, 0) is 49.2 Å². The van der Waals surface area contributed by atoms with Crippen molar-refractivity contribution in [3.63, 3.8) is 0 Å². The van der Waals surface area contributed by atoms with Crippen LogP contribution in [-0.2, 0) is 19.2 Å². The van der Waals surface area contributed by atoms with E-state index in [1.165, 1.54) is 12.1 Å². The zero-order chi connectivity index (χ0) is 20.8. The molecular formula is C19H24NO6PS. The molecule has 0 radical (unpaired) electrons. The summed E-state index contributed by atoms with van der Waals surface area (Å²) < 4.78 is 41.8. The SMILES string of the molecule is CP(=O)(O)C(=O)CC[C@@H](N)CCS(=O)(=O)c1ccc(Oc2ccccc2)cc1. The van der Waals surface area contributed by atoms with Gasteiger partial charge in [-0.25, -0.2) is 8.42 Å². The summed E-state index contributed by atoms with van der Waals surface area (Å²) in [7, 11) is -7.30. The van der Waals surface area contributed by atoms with Gasteiger partial charge in [-0.2, -0.15) is 0 Å². The molecular weight excluding hydrogens is 401 g/mol. The van der Waals surface area contributed by atoms with E-state index >= 15 is 0 Å². The first-order chi connectivity index (χ1) is 13.1. The fraction of sp³-hybridized carbons (Fsp3) is 0.316. The van der Waals surface area contributed by atoms with E-state index in [1.807, 2.05) is 18.2 Å². The molecule has 2 rings (SSSR count). The van der Waals surface area contributed by atoms with Crippen LogP contribution in [-0.4, -0.2) is 37.3 Å². The summed E-state index contributed by atoms with van der Waals surface area (Å²) in [6, 6.07) is 14.7. The Hall–Kier alpha value is -1.99. The lowest BCUT2D eigenvalue weighted by molar-refractivity contribution is -0.112. The average Bonchev–Trinajstić information content (AvgIpc) is 2.65. The minimum absolute atomic E-state index is 0.142. The van der Waals surface area contributed by atoms with Gasteiger partial charge in [0.25, 0.3) is 7.37 Å². The van der Waals surface area contributed by atoms with E-state index in [-0.39, 0.29) is 29.9 Å². The zero-order valence-electron chi connectivity index (χ0n) is 15.5. The van der Waals surface area contributed by atoms with Crippen LogP contribution in [0.25, 0.3) is 0 Å². The van der Waals surface area contributed by atoms with Crippen molar-refractivity contribution in [2.45, 2.75) is 30.2 Å². The first-order valence-corrected chi connectivity index (χ1v) is 12.5. The van der Waals surface area contributed by atoms with Crippen LogP contribution in [0.4, 0.5) is 0 Å². The second-order valence-electron chi connectivity index (χ2n) is 6.57. The summed E-state index contributed by atoms with van der Waals surface area (Å²) in [4.78, 5) is 20.8. The van der Waals surface area contributed by atoms with E-state index in [2.05, 4.69) is 0 Å². The molecule has 152 valence electrons. The molecule has 0 heterocycles. The molecule has 2 aromatic rings. The molecule has 0 aliphatic carbocycles. The van der Waals surface area contributed by atoms with Crippen LogP contribution in [0.1, 0.15) is 19.3 Å². The van der Waals surface area contributed by atoms with Gasteiger partial charge in [0, 0.05) is 19.1 Å². The van der Waals surface area contributed by atoms with Gasteiger partial charge in [-0.3, -0.25) is 9.36 Å². The number of hydrogen-bond acceptors (Lipinski definition) is 6. The summed E-state index contributed by atoms with van der Waals surface area (Å²) in [6.07, 6.45) is 0.172. The van der Waals surface area contributed by atoms with Gasteiger partial charge < -0.3 is 15.4 Å². The Kier molecular flexibility index (Phi) is 7.55. The van der Waals surface area contributed by atoms with Crippen LogP contribution in [0.2, 0.25) is 0 Å². The highest BCUT2D eigenvalue weighted by atomic mass is 32.2. The van der Waals surface area contributed by atoms with Crippen LogP contribution in [0.3, 0.4) is 0 Å². The topological polar surface area (TPSA) is 124 Å². The number of hydrogen-bond donors (Lipinski definition) is 2. The van der Waals surface area contributed by atoms with Crippen molar-refractivity contribution in [3.8, 4) is 11.5 Å². The Balaban J connectivity index is 1.90. The van der Waals surface area contributed by atoms with E-state index < -0.39 is 28.8 Å². The summed E-state index contributed by atoms with van der Waals surface area (Å²) in [5.74, 6) is 0.996. The molecule has 0 bridgehead atoms. The third-order valence-electron chi connectivity index (χ3n) is 4.11. The Morgan fingerprint density at radius 3 is 2.21 bits per heavy atom. The number of benzene rings is 2. The van der Waals surface area contributed by atoms with Crippen molar-refractivity contribution in [3.05, 3.63) is 54.6 Å². The second-order valence-corrected chi connectivity index (χ2v) is 10.9. The molecule has 0 aliphatic rings. The number of sulfone groups is 1. The van der Waals surface area contributed by atoms with Gasteiger partial charge in [-0.15, -0.1) is 0 Å². The van der Waals surface area contributed by atoms with Crippen molar-refractivity contribution < 1.29 is 27.4 Å². The first kappa shape index (κ1) is 22.3. The molecule has 9 heteroatoms. The predicted molar refractivity (Wildman–Crippen MR) is 108 cm³/mol. The van der Waals surface area contributed by atoms with E-state index in [4.69, 9.17) is 10.5 Å². The number of nitrogens with two attached hydrogens (primary N) is 1. The van der Waals surface area contributed by atoms with Crippen molar-refractivity contribution in [1.29, 1.82) is 0 Å². The third-order valence-corrected chi connectivity index (χ3v) is 7.02. The molecule has 1 unspecified atom stereocenters. The Morgan fingerprint density at radius 1 is 1.07 bits per heavy atom. The molecule has 7 nitrogen and oxygen atoms in total. The molecule has 2 aromatic carbocycles. The van der Waals surface area contributed by atoms with Crippen molar-refractivity contribution in [1.82, 2.24) is 0 Å². The average molecular weight is 425 g/mol. The number of para-hydroxylation sites is 1. The van der Waals surface area contributed by atoms with Gasteiger partial charge in [0.05, 0.1) is 10.6 Å². The lowest BCUT2D eigenvalue weighted by Gasteiger charge is -2.12. The maximum absolute atomic E-state index is 12.5. The number of carbonyl (C=O) groups is 1. The fourth-order valence-electron chi connectivity index (χ4n) is 2.42. The minimum Gasteiger partial charge on any atom is -0.457 e. The molecule has 0 spiro atoms. The van der Waals surface area contributed by atoms with E-state index in [9.17, 15) is 22.7 Å². The van der Waals surface area contributed by atoms with Crippen LogP contribution >= 0.6 is 7.37 Å². The Bertz CT molecular complexity index is 938. The smallest absolute Gasteiger partial charge is 0.261 e. The largest absolute Gasteiger partial charge is 0.457 e. The first-order valence-electron chi connectivity index (χ1n) is 8.73. The number of ether oxygens (including phenoxy) is 1. The van der Waals surface area contributed by atoms with Crippen LogP contribution < -0.4 is 10.5 Å². The minimum atomic E-state index is -3.77. The van der Waals surface area contributed by atoms with Crippen molar-refractivity contribution in [2.24, 2.45) is 5.73 Å². The van der Waals surface area contributed by atoms with Gasteiger partial charge in [0.2, 0.25) is 5.52 Å². The van der Waals surface area contributed by atoms with E-state index in [0.717, 1.165) is 6.66 Å². The molecule has 3 N–H and O–H groups in total. The molecule has 2 atom stereocenters. The Labute approximate surface area is 164 Å². The monoisotopic (exact) mass is 425 g/mol. The molecule has 0 amide bonds. The van der Waals surface area contributed by atoms with E-state index in [0.29, 0.717) is 11.5 Å². The predicted octanol–water partition coefficient (Wildman–Crippen LogP) is 3.18. The van der Waals surface area contributed by atoms with Crippen molar-refractivity contribution in [2.75, 3.05) is 12.4 Å². The standard InChI is InChI=1S/C19H24NO6PS/c1-27(22,23)19(21)12-7-15(20)13-14-28(24,25)18-10-8-17(9-11-18)26-16-5-3-2-4-6-16/h2-6,8-11,15H,7,12-14,20H2,1H3,(H,22,23)/t15-/m1/s1. The van der Waals surface area contributed by atoms with Gasteiger partial charge in [0.15, 0.2) is 9.84 Å². The van der Waals surface area contributed by atoms with Crippen molar-refractivity contribution >= 4 is 22.7 Å². The summed E-state index contributed by atoms with van der Waals surface area (Å²) in [5.41, 5.74) is 5.10.